The highest BCUT2D eigenvalue weighted by Crippen LogP contribution is 2.34. The average molecular weight is 189 g/mol. The Morgan fingerprint density at radius 1 is 1.46 bits per heavy atom. The second-order valence-corrected chi connectivity index (χ2v) is 3.57. The molecular weight excluding hydrogens is 176 g/mol. The molecule has 0 amide bonds. The molecule has 1 aliphatic carbocycles. The number of halogens is 2. The molecule has 1 aliphatic rings. The Balaban J connectivity index is 2.77. The van der Waals surface area contributed by atoms with Gasteiger partial charge in [0.25, 0.3) is 5.92 Å². The summed E-state index contributed by atoms with van der Waals surface area (Å²) >= 11 is 0. The fourth-order valence-electron chi connectivity index (χ4n) is 1.35. The highest BCUT2D eigenvalue weighted by atomic mass is 19.3. The molecule has 0 N–H and O–H groups in total. The Bertz CT molecular complexity index is 246. The van der Waals surface area contributed by atoms with Gasteiger partial charge in [0.05, 0.1) is 0 Å². The minimum Gasteiger partial charge on any atom is -0.383 e. The van der Waals surface area contributed by atoms with Crippen LogP contribution >= 0.6 is 0 Å². The Hall–Kier alpha value is -0.930. The summed E-state index contributed by atoms with van der Waals surface area (Å²) in [6.07, 6.45) is 0.725. The number of nitrogens with zero attached hydrogens (tertiary/aromatic N) is 1. The molecule has 0 atom stereocenters. The topological polar surface area (TPSA) is 20.3 Å². The number of allylic oxidation sites excluding steroid dienone is 1. The van der Waals surface area contributed by atoms with Gasteiger partial charge in [-0.25, -0.2) is 8.78 Å². The number of carbonyl (C=O) groups is 1. The van der Waals surface area contributed by atoms with Crippen LogP contribution in [0.25, 0.3) is 0 Å². The van der Waals surface area contributed by atoms with E-state index in [1.54, 1.807) is 19.0 Å². The van der Waals surface area contributed by atoms with E-state index in [2.05, 4.69) is 0 Å². The summed E-state index contributed by atoms with van der Waals surface area (Å²) in [6, 6.07) is 0. The van der Waals surface area contributed by atoms with E-state index >= 15 is 0 Å². The first-order valence-corrected chi connectivity index (χ1v) is 4.19. The quantitative estimate of drug-likeness (QED) is 0.586. The van der Waals surface area contributed by atoms with Gasteiger partial charge in [0.1, 0.15) is 0 Å². The van der Waals surface area contributed by atoms with Crippen LogP contribution in [0, 0.1) is 0 Å². The van der Waals surface area contributed by atoms with Crippen molar-refractivity contribution in [1.82, 2.24) is 4.90 Å². The van der Waals surface area contributed by atoms with Gasteiger partial charge in [0.15, 0.2) is 5.78 Å². The maximum absolute atomic E-state index is 12.9. The molecule has 74 valence electrons. The van der Waals surface area contributed by atoms with Gasteiger partial charge in [0, 0.05) is 45.1 Å². The molecule has 1 rings (SSSR count). The standard InChI is InChI=1S/C9H13F2NO/c1-12(2)6-7-5-9(10,11)4-3-8(7)13/h6H,3-5H2,1-2H3/b7-6+. The monoisotopic (exact) mass is 189 g/mol. The predicted molar refractivity (Wildman–Crippen MR) is 45.6 cm³/mol. The minimum absolute atomic E-state index is 0.0350. The molecule has 0 spiro atoms. The van der Waals surface area contributed by atoms with Crippen LogP contribution in [0.2, 0.25) is 0 Å². The molecule has 13 heavy (non-hydrogen) atoms. The molecule has 1 fully saturated rings. The van der Waals surface area contributed by atoms with Crippen LogP contribution in [0.1, 0.15) is 19.3 Å². The lowest BCUT2D eigenvalue weighted by Gasteiger charge is -2.23. The molecule has 0 aliphatic heterocycles. The SMILES string of the molecule is CN(C)/C=C1\CC(F)(F)CCC1=O. The van der Waals surface area contributed by atoms with Crippen LogP contribution in [0.15, 0.2) is 11.8 Å². The van der Waals surface area contributed by atoms with E-state index in [1.807, 2.05) is 0 Å². The molecule has 2 nitrogen and oxygen atoms in total. The number of alkyl halides is 2. The van der Waals surface area contributed by atoms with Crippen LogP contribution in [-0.4, -0.2) is 30.7 Å². The summed E-state index contributed by atoms with van der Waals surface area (Å²) in [5.41, 5.74) is 0.237. The first-order valence-electron chi connectivity index (χ1n) is 4.19. The number of rotatable bonds is 1. The van der Waals surface area contributed by atoms with Crippen molar-refractivity contribution in [3.63, 3.8) is 0 Å². The van der Waals surface area contributed by atoms with Gasteiger partial charge >= 0.3 is 0 Å². The number of hydrogen-bond acceptors (Lipinski definition) is 2. The van der Waals surface area contributed by atoms with E-state index < -0.39 is 12.3 Å². The highest BCUT2D eigenvalue weighted by molar-refractivity contribution is 5.96. The summed E-state index contributed by atoms with van der Waals surface area (Å²) < 4.78 is 25.7. The molecular formula is C9H13F2NO. The Morgan fingerprint density at radius 2 is 2.08 bits per heavy atom. The van der Waals surface area contributed by atoms with Gasteiger partial charge in [-0.05, 0) is 0 Å². The van der Waals surface area contributed by atoms with Gasteiger partial charge < -0.3 is 4.90 Å². The third-order valence-corrected chi connectivity index (χ3v) is 1.94. The van der Waals surface area contributed by atoms with E-state index in [9.17, 15) is 13.6 Å². The van der Waals surface area contributed by atoms with Crippen LogP contribution in [0.3, 0.4) is 0 Å². The van der Waals surface area contributed by atoms with Crippen LogP contribution in [-0.2, 0) is 4.79 Å². The van der Waals surface area contributed by atoms with Crippen LogP contribution in [0.4, 0.5) is 8.78 Å². The van der Waals surface area contributed by atoms with E-state index in [-0.39, 0.29) is 24.2 Å². The number of ketones is 1. The molecule has 0 aromatic rings. The van der Waals surface area contributed by atoms with Crippen molar-refractivity contribution in [2.75, 3.05) is 14.1 Å². The molecule has 0 bridgehead atoms. The Morgan fingerprint density at radius 3 is 2.62 bits per heavy atom. The predicted octanol–water partition coefficient (Wildman–Crippen LogP) is 1.82. The lowest BCUT2D eigenvalue weighted by molar-refractivity contribution is -0.122. The lowest BCUT2D eigenvalue weighted by Crippen LogP contribution is -2.27. The molecule has 1 saturated carbocycles. The van der Waals surface area contributed by atoms with Crippen molar-refractivity contribution in [3.8, 4) is 0 Å². The first kappa shape index (κ1) is 10.2. The Labute approximate surface area is 76.2 Å². The molecule has 4 heteroatoms. The molecule has 0 radical (unpaired) electrons. The van der Waals surface area contributed by atoms with Crippen molar-refractivity contribution < 1.29 is 13.6 Å². The molecule has 0 aromatic heterocycles. The summed E-state index contributed by atoms with van der Waals surface area (Å²) in [5.74, 6) is -2.85. The number of hydrogen-bond donors (Lipinski definition) is 0. The van der Waals surface area contributed by atoms with Crippen LogP contribution in [0.5, 0.6) is 0 Å². The average Bonchev–Trinajstić information content (AvgIpc) is 1.95. The fourth-order valence-corrected chi connectivity index (χ4v) is 1.35. The zero-order valence-electron chi connectivity index (χ0n) is 7.81. The molecule has 0 unspecified atom stereocenters. The van der Waals surface area contributed by atoms with Crippen LogP contribution < -0.4 is 0 Å². The summed E-state index contributed by atoms with van der Waals surface area (Å²) in [6.45, 7) is 0. The molecule has 0 aromatic carbocycles. The number of carbonyl (C=O) groups excluding carboxylic acids is 1. The van der Waals surface area contributed by atoms with Gasteiger partial charge in [-0.3, -0.25) is 4.79 Å². The van der Waals surface area contributed by atoms with Gasteiger partial charge in [-0.2, -0.15) is 0 Å². The van der Waals surface area contributed by atoms with Gasteiger partial charge in [0.2, 0.25) is 0 Å². The van der Waals surface area contributed by atoms with Crippen molar-refractivity contribution >= 4 is 5.78 Å². The maximum Gasteiger partial charge on any atom is 0.252 e. The van der Waals surface area contributed by atoms with Crippen molar-refractivity contribution in [3.05, 3.63) is 11.8 Å². The number of Topliss-reactive ketones (excluding diaryl/α,β-unsaturated/α-hetero) is 1. The maximum atomic E-state index is 12.9. The second kappa shape index (κ2) is 3.44. The van der Waals surface area contributed by atoms with E-state index in [1.165, 1.54) is 6.20 Å². The van der Waals surface area contributed by atoms with Crippen molar-refractivity contribution in [2.24, 2.45) is 0 Å². The zero-order valence-corrected chi connectivity index (χ0v) is 7.81. The fraction of sp³-hybridized carbons (Fsp3) is 0.667. The Kier molecular flexibility index (Phi) is 2.68. The first-order chi connectivity index (χ1) is 5.91. The lowest BCUT2D eigenvalue weighted by atomic mass is 9.91. The van der Waals surface area contributed by atoms with Gasteiger partial charge in [-0.1, -0.05) is 0 Å². The zero-order chi connectivity index (χ0) is 10.1. The third-order valence-electron chi connectivity index (χ3n) is 1.94. The molecule has 0 saturated heterocycles. The normalized spacial score (nSPS) is 24.9. The summed E-state index contributed by atoms with van der Waals surface area (Å²) in [7, 11) is 3.43. The minimum atomic E-state index is -2.70. The van der Waals surface area contributed by atoms with Gasteiger partial charge in [-0.15, -0.1) is 0 Å². The third kappa shape index (κ3) is 2.79. The van der Waals surface area contributed by atoms with E-state index in [0.717, 1.165) is 0 Å². The van der Waals surface area contributed by atoms with E-state index in [4.69, 9.17) is 0 Å². The van der Waals surface area contributed by atoms with E-state index in [0.29, 0.717) is 0 Å². The smallest absolute Gasteiger partial charge is 0.252 e. The largest absolute Gasteiger partial charge is 0.383 e. The van der Waals surface area contributed by atoms with Crippen molar-refractivity contribution in [2.45, 2.75) is 25.2 Å². The van der Waals surface area contributed by atoms with Crippen molar-refractivity contribution in [1.29, 1.82) is 0 Å². The summed E-state index contributed by atoms with van der Waals surface area (Å²) in [5, 5.41) is 0. The second-order valence-electron chi connectivity index (χ2n) is 3.57. The highest BCUT2D eigenvalue weighted by Gasteiger charge is 2.37. The summed E-state index contributed by atoms with van der Waals surface area (Å²) in [4.78, 5) is 12.8. The molecule has 0 heterocycles.